The van der Waals surface area contributed by atoms with Crippen molar-refractivity contribution in [1.29, 1.82) is 0 Å². The van der Waals surface area contributed by atoms with Gasteiger partial charge in [-0.15, -0.1) is 3.63 Å². The number of hydrogen-bond acceptors (Lipinski definition) is 24. The van der Waals surface area contributed by atoms with Crippen LogP contribution in [0.4, 0.5) is 39.5 Å². The van der Waals surface area contributed by atoms with Crippen molar-refractivity contribution in [3.05, 3.63) is 81.9 Å². The van der Waals surface area contributed by atoms with Crippen molar-refractivity contribution in [3.63, 3.8) is 0 Å². The lowest BCUT2D eigenvalue weighted by molar-refractivity contribution is -0.128. The molecule has 438 valence electrons. The van der Waals surface area contributed by atoms with Crippen molar-refractivity contribution in [2.45, 2.75) is 89.3 Å². The molecule has 7 N–H and O–H groups in total. The van der Waals surface area contributed by atoms with Gasteiger partial charge in [-0.3, -0.25) is 0 Å². The number of hydrogen-bond donors (Lipinski definition) is 7. The number of alkyl halides is 9. The van der Waals surface area contributed by atoms with Crippen LogP contribution in [-0.2, 0) is 48.2 Å². The molecule has 0 aromatic heterocycles. The number of aromatic carboxylic acids is 1. The summed E-state index contributed by atoms with van der Waals surface area (Å²) >= 11 is 0. The van der Waals surface area contributed by atoms with Crippen molar-refractivity contribution >= 4 is 54.2 Å². The maximum Gasteiger partial charge on any atom is 0.534 e. The summed E-state index contributed by atoms with van der Waals surface area (Å²) < 4.78 is 204. The van der Waals surface area contributed by atoms with Gasteiger partial charge in [-0.1, -0.05) is 0 Å². The van der Waals surface area contributed by atoms with Crippen LogP contribution in [0, 0.1) is 13.8 Å². The molecule has 79 heavy (non-hydrogen) atoms. The van der Waals surface area contributed by atoms with E-state index in [1.165, 1.54) is 39.0 Å². The Labute approximate surface area is 437 Å². The summed E-state index contributed by atoms with van der Waals surface area (Å²) in [6.07, 6.45) is 0. The van der Waals surface area contributed by atoms with Crippen LogP contribution < -0.4 is 18.4 Å². The number of benzene rings is 4. The summed E-state index contributed by atoms with van der Waals surface area (Å²) in [7, 11) is -19.6. The van der Waals surface area contributed by atoms with E-state index in [1.54, 1.807) is 33.8 Å². The predicted octanol–water partition coefficient (Wildman–Crippen LogP) is 7.08. The number of phenolic OH excluding ortho intramolecular Hbond substituents is 4. The van der Waals surface area contributed by atoms with Crippen molar-refractivity contribution in [2.75, 3.05) is 0 Å². The minimum Gasteiger partial charge on any atom is -0.508 e. The lowest BCUT2D eigenvalue weighted by atomic mass is 10.1. The normalized spacial score (nSPS) is 15.9. The maximum atomic E-state index is 12.4. The monoisotopic (exact) mass is 1210 g/mol. The Morgan fingerprint density at radius 2 is 0.759 bits per heavy atom. The molecule has 0 atom stereocenters. The average molecular weight is 1210 g/mol. The molecule has 0 saturated heterocycles. The van der Waals surface area contributed by atoms with Gasteiger partial charge in [0.1, 0.15) is 74.0 Å². The standard InChI is InChI=1S/C12H11F3O6S.C11H12O4.C10H10O5.C7H6O5.C2F6O5S2/c1-6-4-7-9(10(16)20-11(2,3)19-7)8(5-6)21-22(17,18)12(13,14)15;1-6-4-7(12)9-8(5-6)14-11(2,3)15-10(9)13;1-10(2)14-7-4-5(11)3-6(12)8(7)9(13)15-10;8-3-1-4(9)6(7(11)12)5(10)2-3;3-1(4,5)14(9,10)13-15(11,12)2(6,7)8/h4-5H,1-3H3;4-5,12H,1-3H3;3-4,11-12H,1-2H3;1-2,8-10H,(H,11,12);. The highest BCUT2D eigenvalue weighted by atomic mass is 32.3. The first-order valence-corrected chi connectivity index (χ1v) is 24.7. The smallest absolute Gasteiger partial charge is 0.508 e. The molecule has 0 radical (unpaired) electrons. The molecule has 4 aromatic carbocycles. The molecule has 0 aliphatic carbocycles. The Morgan fingerprint density at radius 1 is 0.456 bits per heavy atom. The number of ether oxygens (including phenoxy) is 6. The van der Waals surface area contributed by atoms with Gasteiger partial charge in [0.05, 0.1) is 0 Å². The molecule has 0 unspecified atom stereocenters. The number of carboxylic acid groups (broad SMARTS) is 1. The highest BCUT2D eigenvalue weighted by molar-refractivity contribution is 8.00. The van der Waals surface area contributed by atoms with Gasteiger partial charge >= 0.3 is 70.8 Å². The third-order valence-corrected chi connectivity index (χ3v) is 12.3. The summed E-state index contributed by atoms with van der Waals surface area (Å²) in [6.45, 7) is 12.6. The van der Waals surface area contributed by atoms with Gasteiger partial charge in [0.25, 0.3) is 0 Å². The number of aromatic hydroxyl groups is 6. The molecule has 37 heteroatoms. The molecule has 0 saturated carbocycles. The number of cyclic esters (lactones) is 3. The highest BCUT2D eigenvalue weighted by Crippen LogP contribution is 2.42. The summed E-state index contributed by atoms with van der Waals surface area (Å²) in [5.74, 6) is -9.92. The fraction of sp³-hybridized carbons (Fsp3) is 0.333. The number of carbonyl (C=O) groups excluding carboxylic acids is 3. The van der Waals surface area contributed by atoms with Crippen molar-refractivity contribution in [3.8, 4) is 57.5 Å². The fourth-order valence-electron chi connectivity index (χ4n) is 5.82. The van der Waals surface area contributed by atoms with E-state index in [1.807, 2.05) is 10.6 Å². The molecule has 3 heterocycles. The van der Waals surface area contributed by atoms with E-state index in [9.17, 15) is 99.3 Å². The summed E-state index contributed by atoms with van der Waals surface area (Å²) in [4.78, 5) is 45.3. The number of phenols is 6. The minimum atomic E-state index is -6.85. The zero-order valence-corrected chi connectivity index (χ0v) is 43.2. The van der Waals surface area contributed by atoms with Gasteiger partial charge in [0.2, 0.25) is 17.4 Å². The van der Waals surface area contributed by atoms with Crippen LogP contribution in [0.25, 0.3) is 0 Å². The first kappa shape index (κ1) is 65.2. The lowest BCUT2D eigenvalue weighted by Crippen LogP contribution is -2.39. The van der Waals surface area contributed by atoms with Crippen LogP contribution in [0.2, 0.25) is 0 Å². The van der Waals surface area contributed by atoms with Crippen LogP contribution >= 0.6 is 0 Å². The second kappa shape index (κ2) is 22.4. The zero-order valence-electron chi connectivity index (χ0n) is 40.7. The van der Waals surface area contributed by atoms with Gasteiger partial charge in [-0.25, -0.2) is 19.2 Å². The van der Waals surface area contributed by atoms with Crippen LogP contribution in [0.15, 0.2) is 48.5 Å². The molecular weight excluding hydrogens is 1170 g/mol. The molecule has 25 nitrogen and oxygen atoms in total. The SMILES string of the molecule is CC1(C)OC(=O)c2c(O)cc(O)cc2O1.Cc1cc(O)c2c(c1)OC(C)(C)OC2=O.Cc1cc2c(c(OS(=O)(=O)C(F)(F)F)c1)C(=O)OC(C)(C)O2.O=C(O)c1c(O)cc(O)cc1O.O=S(=O)(OS(=O)(=O)C(F)(F)F)C(F)(F)F. The molecule has 0 fully saturated rings. The second-order valence-electron chi connectivity index (χ2n) is 16.8. The largest absolute Gasteiger partial charge is 0.534 e. The van der Waals surface area contributed by atoms with Gasteiger partial charge < -0.3 is 68.3 Å². The Kier molecular flexibility index (Phi) is 18.5. The molecule has 0 amide bonds. The van der Waals surface area contributed by atoms with E-state index < -0.39 is 122 Å². The molecule has 0 spiro atoms. The molecular formula is C42H39F9O25S3. The first-order valence-electron chi connectivity index (χ1n) is 20.5. The van der Waals surface area contributed by atoms with E-state index in [0.717, 1.165) is 29.8 Å². The van der Waals surface area contributed by atoms with Crippen molar-refractivity contribution in [2.24, 2.45) is 0 Å². The minimum absolute atomic E-state index is 0.0628. The van der Waals surface area contributed by atoms with E-state index in [2.05, 4.69) is 4.18 Å². The molecule has 7 rings (SSSR count). The molecule has 0 bridgehead atoms. The second-order valence-corrected chi connectivity index (χ2v) is 21.6. The van der Waals surface area contributed by atoms with E-state index in [0.29, 0.717) is 11.3 Å². The van der Waals surface area contributed by atoms with E-state index in [4.69, 9.17) is 48.8 Å². The number of carboxylic acids is 1. The van der Waals surface area contributed by atoms with Crippen LogP contribution in [0.5, 0.6) is 57.5 Å². The maximum absolute atomic E-state index is 12.4. The third kappa shape index (κ3) is 16.5. The number of halogens is 9. The third-order valence-electron chi connectivity index (χ3n) is 8.72. The van der Waals surface area contributed by atoms with Gasteiger partial charge in [0, 0.05) is 65.8 Å². The number of carbonyl (C=O) groups is 4. The van der Waals surface area contributed by atoms with Crippen molar-refractivity contribution in [1.82, 2.24) is 0 Å². The van der Waals surface area contributed by atoms with E-state index >= 15 is 0 Å². The first-order chi connectivity index (χ1) is 35.3. The number of fused-ring (bicyclic) bond motifs is 3. The number of rotatable bonds is 5. The number of esters is 3. The average Bonchev–Trinajstić information content (AvgIpc) is 3.16. The molecule has 3 aliphatic heterocycles. The Balaban J connectivity index is 0.000000264. The Morgan fingerprint density at radius 3 is 1.13 bits per heavy atom. The van der Waals surface area contributed by atoms with Gasteiger partial charge in [-0.05, 0) is 49.2 Å². The Bertz CT molecular complexity index is 3260. The van der Waals surface area contributed by atoms with Crippen LogP contribution in [0.1, 0.15) is 94.1 Å². The fourth-order valence-corrected chi connectivity index (χ4v) is 7.84. The van der Waals surface area contributed by atoms with E-state index in [-0.39, 0.29) is 39.9 Å². The molecule has 4 aromatic rings. The highest BCUT2D eigenvalue weighted by Gasteiger charge is 2.57. The van der Waals surface area contributed by atoms with Gasteiger partial charge in [-0.2, -0.15) is 64.8 Å². The number of aryl methyl sites for hydroxylation is 2. The van der Waals surface area contributed by atoms with Crippen LogP contribution in [-0.4, -0.2) is 119 Å². The van der Waals surface area contributed by atoms with Crippen molar-refractivity contribution < 1.29 is 156 Å². The molecule has 3 aliphatic rings. The Hall–Kier alpha value is -8.06. The summed E-state index contributed by atoms with van der Waals surface area (Å²) in [6, 6.07) is 9.54. The quantitative estimate of drug-likeness (QED) is 0.0345. The topological polar surface area (TPSA) is 386 Å². The summed E-state index contributed by atoms with van der Waals surface area (Å²) in [5.41, 5.74) is -18.1. The predicted molar refractivity (Wildman–Crippen MR) is 239 cm³/mol. The van der Waals surface area contributed by atoms with Gasteiger partial charge in [0.15, 0.2) is 5.75 Å². The summed E-state index contributed by atoms with van der Waals surface area (Å²) in [5, 5.41) is 63.4. The zero-order chi connectivity index (χ0) is 61.4. The van der Waals surface area contributed by atoms with Crippen LogP contribution in [0.3, 0.4) is 0 Å². The lowest BCUT2D eigenvalue weighted by Gasteiger charge is -2.32.